The molecular weight excluding hydrogens is 218 g/mol. The van der Waals surface area contributed by atoms with E-state index in [1.54, 1.807) is 0 Å². The predicted octanol–water partition coefficient (Wildman–Crippen LogP) is 4.36. The van der Waals surface area contributed by atoms with Crippen molar-refractivity contribution in [2.45, 2.75) is 58.9 Å². The van der Waals surface area contributed by atoms with Crippen LogP contribution in [-0.2, 0) is 6.54 Å². The molecule has 0 amide bonds. The first-order chi connectivity index (χ1) is 8.75. The molecule has 0 bridgehead atoms. The first-order valence-corrected chi connectivity index (χ1v) is 7.52. The van der Waals surface area contributed by atoms with Gasteiger partial charge in [-0.1, -0.05) is 55.9 Å². The molecule has 1 heteroatoms. The molecule has 0 saturated heterocycles. The van der Waals surface area contributed by atoms with E-state index >= 15 is 0 Å². The van der Waals surface area contributed by atoms with E-state index in [1.807, 2.05) is 0 Å². The average molecular weight is 245 g/mol. The maximum Gasteiger partial charge on any atom is 0.0208 e. The van der Waals surface area contributed by atoms with Crippen LogP contribution < -0.4 is 5.32 Å². The van der Waals surface area contributed by atoms with Crippen LogP contribution in [0.2, 0.25) is 0 Å². The highest BCUT2D eigenvalue weighted by atomic mass is 14.8. The molecule has 2 rings (SSSR count). The molecule has 1 aliphatic carbocycles. The highest BCUT2D eigenvalue weighted by Crippen LogP contribution is 2.25. The van der Waals surface area contributed by atoms with Gasteiger partial charge in [0.1, 0.15) is 0 Å². The van der Waals surface area contributed by atoms with Gasteiger partial charge in [0, 0.05) is 6.54 Å². The van der Waals surface area contributed by atoms with Crippen molar-refractivity contribution >= 4 is 0 Å². The van der Waals surface area contributed by atoms with E-state index in [4.69, 9.17) is 0 Å². The first-order valence-electron chi connectivity index (χ1n) is 7.52. The molecule has 1 saturated carbocycles. The lowest BCUT2D eigenvalue weighted by atomic mass is 9.87. The molecule has 0 atom stereocenters. The Balaban J connectivity index is 1.68. The second kappa shape index (κ2) is 6.94. The molecule has 1 fully saturated rings. The van der Waals surface area contributed by atoms with E-state index in [-0.39, 0.29) is 0 Å². The minimum Gasteiger partial charge on any atom is -0.313 e. The van der Waals surface area contributed by atoms with Crippen molar-refractivity contribution in [3.8, 4) is 0 Å². The van der Waals surface area contributed by atoms with Gasteiger partial charge in [-0.05, 0) is 43.9 Å². The normalized spacial score (nSPS) is 17.0. The fourth-order valence-electron chi connectivity index (χ4n) is 3.05. The Morgan fingerprint density at radius 3 is 2.61 bits per heavy atom. The lowest BCUT2D eigenvalue weighted by molar-refractivity contribution is 0.334. The Bertz CT molecular complexity index is 364. The summed E-state index contributed by atoms with van der Waals surface area (Å²) in [4.78, 5) is 0. The van der Waals surface area contributed by atoms with E-state index in [0.717, 1.165) is 12.5 Å². The SMILES string of the molecule is Cc1ccc(CNCCC2CCCCC2)c(C)c1. The van der Waals surface area contributed by atoms with Crippen LogP contribution in [0.25, 0.3) is 0 Å². The van der Waals surface area contributed by atoms with Crippen LogP contribution in [-0.4, -0.2) is 6.54 Å². The molecule has 0 aromatic heterocycles. The van der Waals surface area contributed by atoms with Crippen molar-refractivity contribution in [1.29, 1.82) is 0 Å². The summed E-state index contributed by atoms with van der Waals surface area (Å²) in [5.74, 6) is 0.991. The minimum atomic E-state index is 0.991. The molecule has 1 aromatic rings. The van der Waals surface area contributed by atoms with Crippen molar-refractivity contribution in [3.05, 3.63) is 34.9 Å². The van der Waals surface area contributed by atoms with E-state index in [2.05, 4.69) is 37.4 Å². The van der Waals surface area contributed by atoms with Gasteiger partial charge in [0.05, 0.1) is 0 Å². The van der Waals surface area contributed by atoms with Crippen LogP contribution in [0, 0.1) is 19.8 Å². The van der Waals surface area contributed by atoms with Gasteiger partial charge in [0.2, 0.25) is 0 Å². The Morgan fingerprint density at radius 2 is 1.89 bits per heavy atom. The van der Waals surface area contributed by atoms with Gasteiger partial charge in [-0.3, -0.25) is 0 Å². The van der Waals surface area contributed by atoms with Crippen LogP contribution in [0.5, 0.6) is 0 Å². The Labute approximate surface area is 112 Å². The van der Waals surface area contributed by atoms with Crippen molar-refractivity contribution in [3.63, 3.8) is 0 Å². The highest BCUT2D eigenvalue weighted by molar-refractivity contribution is 5.30. The Morgan fingerprint density at radius 1 is 1.11 bits per heavy atom. The van der Waals surface area contributed by atoms with Crippen molar-refractivity contribution < 1.29 is 0 Å². The lowest BCUT2D eigenvalue weighted by Crippen LogP contribution is -2.19. The maximum absolute atomic E-state index is 3.61. The molecular formula is C17H27N. The summed E-state index contributed by atoms with van der Waals surface area (Å²) in [5, 5.41) is 3.61. The molecule has 0 aliphatic heterocycles. The van der Waals surface area contributed by atoms with Gasteiger partial charge >= 0.3 is 0 Å². The van der Waals surface area contributed by atoms with Crippen molar-refractivity contribution in [1.82, 2.24) is 5.32 Å². The number of rotatable bonds is 5. The van der Waals surface area contributed by atoms with Crippen molar-refractivity contribution in [2.75, 3.05) is 6.54 Å². The number of hydrogen-bond acceptors (Lipinski definition) is 1. The molecule has 0 radical (unpaired) electrons. The molecule has 1 nitrogen and oxygen atoms in total. The topological polar surface area (TPSA) is 12.0 Å². The molecule has 18 heavy (non-hydrogen) atoms. The standard InChI is InChI=1S/C17H27N/c1-14-8-9-17(15(2)12-14)13-18-11-10-16-6-4-3-5-7-16/h8-9,12,16,18H,3-7,10-11,13H2,1-2H3. The van der Waals surface area contributed by atoms with Gasteiger partial charge < -0.3 is 5.32 Å². The molecule has 0 heterocycles. The van der Waals surface area contributed by atoms with Gasteiger partial charge in [0.15, 0.2) is 0 Å². The lowest BCUT2D eigenvalue weighted by Gasteiger charge is -2.21. The predicted molar refractivity (Wildman–Crippen MR) is 78.8 cm³/mol. The van der Waals surface area contributed by atoms with Crippen LogP contribution in [0.1, 0.15) is 55.2 Å². The third-order valence-electron chi connectivity index (χ3n) is 4.27. The fourth-order valence-corrected chi connectivity index (χ4v) is 3.05. The molecule has 100 valence electrons. The summed E-state index contributed by atoms with van der Waals surface area (Å²) in [6.45, 7) is 6.58. The molecule has 1 aromatic carbocycles. The van der Waals surface area contributed by atoms with Crippen LogP contribution in [0.4, 0.5) is 0 Å². The zero-order valence-electron chi connectivity index (χ0n) is 12.0. The Kier molecular flexibility index (Phi) is 5.25. The largest absolute Gasteiger partial charge is 0.313 e. The average Bonchev–Trinajstić information content (AvgIpc) is 2.38. The van der Waals surface area contributed by atoms with Gasteiger partial charge in [-0.15, -0.1) is 0 Å². The first kappa shape index (κ1) is 13.6. The number of benzene rings is 1. The van der Waals surface area contributed by atoms with E-state index in [9.17, 15) is 0 Å². The van der Waals surface area contributed by atoms with Crippen LogP contribution in [0.15, 0.2) is 18.2 Å². The zero-order valence-corrected chi connectivity index (χ0v) is 12.0. The Hall–Kier alpha value is -0.820. The monoisotopic (exact) mass is 245 g/mol. The second-order valence-corrected chi connectivity index (χ2v) is 5.90. The van der Waals surface area contributed by atoms with Crippen LogP contribution >= 0.6 is 0 Å². The second-order valence-electron chi connectivity index (χ2n) is 5.90. The highest BCUT2D eigenvalue weighted by Gasteiger charge is 2.12. The maximum atomic E-state index is 3.61. The molecule has 1 aliphatic rings. The molecule has 0 unspecified atom stereocenters. The molecule has 0 spiro atoms. The summed E-state index contributed by atoms with van der Waals surface area (Å²) < 4.78 is 0. The minimum absolute atomic E-state index is 0.991. The number of nitrogens with one attached hydrogen (secondary N) is 1. The summed E-state index contributed by atoms with van der Waals surface area (Å²) in [7, 11) is 0. The summed E-state index contributed by atoms with van der Waals surface area (Å²) in [6, 6.07) is 6.75. The zero-order chi connectivity index (χ0) is 12.8. The fraction of sp³-hybridized carbons (Fsp3) is 0.647. The van der Waals surface area contributed by atoms with Gasteiger partial charge in [-0.25, -0.2) is 0 Å². The van der Waals surface area contributed by atoms with Gasteiger partial charge in [-0.2, -0.15) is 0 Å². The smallest absolute Gasteiger partial charge is 0.0208 e. The summed E-state index contributed by atoms with van der Waals surface area (Å²) in [5.41, 5.74) is 4.22. The quantitative estimate of drug-likeness (QED) is 0.760. The van der Waals surface area contributed by atoms with Crippen LogP contribution in [0.3, 0.4) is 0 Å². The van der Waals surface area contributed by atoms with E-state index in [0.29, 0.717) is 0 Å². The van der Waals surface area contributed by atoms with E-state index < -0.39 is 0 Å². The summed E-state index contributed by atoms with van der Waals surface area (Å²) >= 11 is 0. The van der Waals surface area contributed by atoms with Crippen molar-refractivity contribution in [2.24, 2.45) is 5.92 Å². The number of aryl methyl sites for hydroxylation is 2. The summed E-state index contributed by atoms with van der Waals surface area (Å²) in [6.07, 6.45) is 8.68. The third-order valence-corrected chi connectivity index (χ3v) is 4.27. The third kappa shape index (κ3) is 4.13. The van der Waals surface area contributed by atoms with E-state index in [1.165, 1.54) is 61.8 Å². The molecule has 1 N–H and O–H groups in total. The number of hydrogen-bond donors (Lipinski definition) is 1. The van der Waals surface area contributed by atoms with Gasteiger partial charge in [0.25, 0.3) is 0 Å².